The third-order valence-corrected chi connectivity index (χ3v) is 1.33. The first-order valence-electron chi connectivity index (χ1n) is 2.82. The zero-order valence-electron chi connectivity index (χ0n) is 5.39. The lowest BCUT2D eigenvalue weighted by Gasteiger charge is -2.12. The van der Waals surface area contributed by atoms with Crippen LogP contribution in [0.1, 0.15) is 0 Å². The summed E-state index contributed by atoms with van der Waals surface area (Å²) in [5.74, 6) is -1.38. The average molecular weight is 152 g/mol. The Kier molecular flexibility index (Phi) is 1.58. The summed E-state index contributed by atoms with van der Waals surface area (Å²) in [6, 6.07) is 0. The number of hydrogen-bond donors (Lipinski definition) is 0. The van der Waals surface area contributed by atoms with Gasteiger partial charge in [-0.05, 0) is 0 Å². The predicted octanol–water partition coefficient (Wildman–Crippen LogP) is 1.10. The first-order valence-corrected chi connectivity index (χ1v) is 2.82. The third-order valence-electron chi connectivity index (χ3n) is 1.33. The number of hydrazone groups is 1. The molecule has 0 N–H and O–H groups in total. The molecule has 2 nitrogen and oxygen atoms in total. The van der Waals surface area contributed by atoms with Gasteiger partial charge in [-0.1, -0.05) is 0 Å². The maximum atomic E-state index is 11.8. The van der Waals surface area contributed by atoms with Gasteiger partial charge in [-0.3, -0.25) is 5.01 Å². The molecule has 10 heavy (non-hydrogen) atoms. The van der Waals surface area contributed by atoms with Crippen LogP contribution in [0, 0.1) is 5.92 Å². The Morgan fingerprint density at radius 1 is 1.60 bits per heavy atom. The molecule has 0 saturated carbocycles. The Hall–Kier alpha value is -0.740. The smallest absolute Gasteiger partial charge is 0.299 e. The van der Waals surface area contributed by atoms with E-state index in [1.54, 1.807) is 0 Å². The average Bonchev–Trinajstić information content (AvgIpc) is 2.11. The van der Waals surface area contributed by atoms with Gasteiger partial charge in [-0.2, -0.15) is 18.3 Å². The van der Waals surface area contributed by atoms with Gasteiger partial charge in [-0.15, -0.1) is 0 Å². The molecule has 0 radical (unpaired) electrons. The molecule has 1 aliphatic heterocycles. The molecule has 1 unspecified atom stereocenters. The molecule has 58 valence electrons. The molecular formula is C5H7F3N2. The van der Waals surface area contributed by atoms with Crippen molar-refractivity contribution in [2.45, 2.75) is 6.18 Å². The summed E-state index contributed by atoms with van der Waals surface area (Å²) >= 11 is 0. The van der Waals surface area contributed by atoms with Crippen molar-refractivity contribution >= 4 is 6.21 Å². The van der Waals surface area contributed by atoms with E-state index < -0.39 is 12.1 Å². The lowest BCUT2D eigenvalue weighted by Crippen LogP contribution is -2.27. The minimum absolute atomic E-state index is 0.0521. The van der Waals surface area contributed by atoms with Crippen LogP contribution in [0.25, 0.3) is 0 Å². The van der Waals surface area contributed by atoms with E-state index in [0.29, 0.717) is 0 Å². The molecular weight excluding hydrogens is 145 g/mol. The topological polar surface area (TPSA) is 15.6 Å². The van der Waals surface area contributed by atoms with Gasteiger partial charge in [0.05, 0.1) is 6.54 Å². The molecule has 0 fully saturated rings. The van der Waals surface area contributed by atoms with Crippen molar-refractivity contribution in [1.29, 1.82) is 0 Å². The highest BCUT2D eigenvalue weighted by Crippen LogP contribution is 2.27. The van der Waals surface area contributed by atoms with Crippen LogP contribution >= 0.6 is 0 Å². The van der Waals surface area contributed by atoms with Crippen molar-refractivity contribution in [1.82, 2.24) is 5.01 Å². The lowest BCUT2D eigenvalue weighted by molar-refractivity contribution is -0.154. The van der Waals surface area contributed by atoms with E-state index in [1.807, 2.05) is 0 Å². The van der Waals surface area contributed by atoms with Crippen LogP contribution in [-0.2, 0) is 0 Å². The molecule has 0 aliphatic carbocycles. The second kappa shape index (κ2) is 2.14. The van der Waals surface area contributed by atoms with Gasteiger partial charge in [0, 0.05) is 13.3 Å². The predicted molar refractivity (Wildman–Crippen MR) is 30.7 cm³/mol. The van der Waals surface area contributed by atoms with Crippen molar-refractivity contribution in [2.75, 3.05) is 13.6 Å². The highest BCUT2D eigenvalue weighted by Gasteiger charge is 2.41. The summed E-state index contributed by atoms with van der Waals surface area (Å²) in [5, 5.41) is 4.75. The van der Waals surface area contributed by atoms with E-state index in [9.17, 15) is 13.2 Å². The molecule has 5 heteroatoms. The van der Waals surface area contributed by atoms with E-state index in [0.717, 1.165) is 6.21 Å². The fourth-order valence-corrected chi connectivity index (χ4v) is 0.761. The zero-order valence-corrected chi connectivity index (χ0v) is 5.39. The number of hydrogen-bond acceptors (Lipinski definition) is 2. The van der Waals surface area contributed by atoms with Crippen molar-refractivity contribution in [3.8, 4) is 0 Å². The molecule has 1 rings (SSSR count). The van der Waals surface area contributed by atoms with Crippen molar-refractivity contribution < 1.29 is 13.2 Å². The Balaban J connectivity index is 2.55. The third kappa shape index (κ3) is 1.40. The SMILES string of the molecule is CN1CC(C(F)(F)F)C=N1. The Bertz CT molecular complexity index is 151. The van der Waals surface area contributed by atoms with E-state index in [-0.39, 0.29) is 6.54 Å². The number of halogens is 3. The normalized spacial score (nSPS) is 26.0. The van der Waals surface area contributed by atoms with Crippen LogP contribution in [0.5, 0.6) is 0 Å². The Morgan fingerprint density at radius 2 is 2.20 bits per heavy atom. The summed E-state index contributed by atoms with van der Waals surface area (Å²) < 4.78 is 35.4. The van der Waals surface area contributed by atoms with Crippen molar-refractivity contribution in [2.24, 2.45) is 11.0 Å². The summed E-state index contributed by atoms with van der Waals surface area (Å²) in [5.41, 5.74) is 0. The van der Waals surface area contributed by atoms with Crippen LogP contribution in [0.4, 0.5) is 13.2 Å². The van der Waals surface area contributed by atoms with Crippen molar-refractivity contribution in [3.63, 3.8) is 0 Å². The van der Waals surface area contributed by atoms with Gasteiger partial charge >= 0.3 is 6.18 Å². The Labute approximate surface area is 56.3 Å². The summed E-state index contributed by atoms with van der Waals surface area (Å²) in [7, 11) is 1.52. The minimum Gasteiger partial charge on any atom is -0.299 e. The monoisotopic (exact) mass is 152 g/mol. The standard InChI is InChI=1S/C5H7F3N2/c1-10-3-4(2-9-10)5(6,7)8/h2,4H,3H2,1H3. The molecule has 0 bridgehead atoms. The van der Waals surface area contributed by atoms with E-state index in [4.69, 9.17) is 0 Å². The molecule has 0 aromatic heterocycles. The quantitative estimate of drug-likeness (QED) is 0.507. The fourth-order valence-electron chi connectivity index (χ4n) is 0.761. The Morgan fingerprint density at radius 3 is 2.40 bits per heavy atom. The summed E-state index contributed by atoms with van der Waals surface area (Å²) in [4.78, 5) is 0. The van der Waals surface area contributed by atoms with Crippen LogP contribution < -0.4 is 0 Å². The molecule has 1 aliphatic rings. The summed E-state index contributed by atoms with van der Waals surface area (Å²) in [6.45, 7) is -0.0521. The van der Waals surface area contributed by atoms with E-state index in [2.05, 4.69) is 5.10 Å². The highest BCUT2D eigenvalue weighted by molar-refractivity contribution is 5.63. The van der Waals surface area contributed by atoms with Crippen molar-refractivity contribution in [3.05, 3.63) is 0 Å². The molecule has 1 heterocycles. The van der Waals surface area contributed by atoms with Crippen LogP contribution in [0.15, 0.2) is 5.10 Å². The number of alkyl halides is 3. The largest absolute Gasteiger partial charge is 0.398 e. The van der Waals surface area contributed by atoms with Gasteiger partial charge in [0.1, 0.15) is 5.92 Å². The highest BCUT2D eigenvalue weighted by atomic mass is 19.4. The summed E-state index contributed by atoms with van der Waals surface area (Å²) in [6.07, 6.45) is -3.20. The van der Waals surface area contributed by atoms with Gasteiger partial charge < -0.3 is 0 Å². The van der Waals surface area contributed by atoms with Crippen LogP contribution in [0.2, 0.25) is 0 Å². The van der Waals surface area contributed by atoms with E-state index >= 15 is 0 Å². The van der Waals surface area contributed by atoms with Gasteiger partial charge in [-0.25, -0.2) is 0 Å². The van der Waals surface area contributed by atoms with Gasteiger partial charge in [0.2, 0.25) is 0 Å². The number of nitrogens with zero attached hydrogens (tertiary/aromatic N) is 2. The molecule has 0 saturated heterocycles. The maximum absolute atomic E-state index is 11.8. The van der Waals surface area contributed by atoms with Crippen LogP contribution in [0.3, 0.4) is 0 Å². The second-order valence-electron chi connectivity index (χ2n) is 2.25. The van der Waals surface area contributed by atoms with Gasteiger partial charge in [0.25, 0.3) is 0 Å². The first-order chi connectivity index (χ1) is 4.50. The second-order valence-corrected chi connectivity index (χ2v) is 2.25. The lowest BCUT2D eigenvalue weighted by atomic mass is 10.2. The molecule has 0 aromatic carbocycles. The zero-order chi connectivity index (χ0) is 7.78. The number of rotatable bonds is 0. The maximum Gasteiger partial charge on any atom is 0.398 e. The van der Waals surface area contributed by atoms with E-state index in [1.165, 1.54) is 12.1 Å². The molecule has 0 aromatic rings. The van der Waals surface area contributed by atoms with Gasteiger partial charge in [0.15, 0.2) is 0 Å². The fraction of sp³-hybridized carbons (Fsp3) is 0.800. The first kappa shape index (κ1) is 7.37. The molecule has 0 spiro atoms. The van der Waals surface area contributed by atoms with Crippen LogP contribution in [-0.4, -0.2) is 31.0 Å². The molecule has 0 amide bonds. The molecule has 1 atom stereocenters. The minimum atomic E-state index is -4.13.